The average Bonchev–Trinajstić information content (AvgIpc) is 2.56. The maximum Gasteiger partial charge on any atom is 0.243 e. The summed E-state index contributed by atoms with van der Waals surface area (Å²) in [5.74, 6) is 0.318. The minimum absolute atomic E-state index is 0.0215. The first-order chi connectivity index (χ1) is 11.5. The number of hydrogen-bond donors (Lipinski definition) is 1. The molecule has 1 aliphatic rings. The Morgan fingerprint density at radius 1 is 1.29 bits per heavy atom. The van der Waals surface area contributed by atoms with Gasteiger partial charge in [-0.25, -0.2) is 0 Å². The lowest BCUT2D eigenvalue weighted by molar-refractivity contribution is -0.131. The molecule has 0 aliphatic heterocycles. The average molecular weight is 413 g/mol. The number of carbonyl (C=O) groups is 2. The van der Waals surface area contributed by atoms with Crippen molar-refractivity contribution in [1.29, 1.82) is 0 Å². The fourth-order valence-electron chi connectivity index (χ4n) is 2.79. The Morgan fingerprint density at radius 2 is 2.00 bits per heavy atom. The van der Waals surface area contributed by atoms with Crippen molar-refractivity contribution in [3.63, 3.8) is 0 Å². The molecule has 0 spiro atoms. The molecule has 0 atom stereocenters. The minimum Gasteiger partial charge on any atom is -0.336 e. The molecule has 2 amide bonds. The van der Waals surface area contributed by atoms with E-state index in [2.05, 4.69) is 21.2 Å². The predicted molar refractivity (Wildman–Crippen MR) is 104 cm³/mol. The van der Waals surface area contributed by atoms with E-state index in [0.717, 1.165) is 15.7 Å². The fourth-order valence-corrected chi connectivity index (χ4v) is 4.53. The van der Waals surface area contributed by atoms with Gasteiger partial charge in [-0.3, -0.25) is 9.59 Å². The molecule has 0 aromatic heterocycles. The quantitative estimate of drug-likeness (QED) is 0.760. The molecular weight excluding hydrogens is 388 g/mol. The van der Waals surface area contributed by atoms with Gasteiger partial charge in [-0.05, 0) is 43.5 Å². The van der Waals surface area contributed by atoms with E-state index in [1.165, 1.54) is 37.0 Å². The van der Waals surface area contributed by atoms with Crippen molar-refractivity contribution in [1.82, 2.24) is 4.90 Å². The molecule has 6 heteroatoms. The van der Waals surface area contributed by atoms with Crippen LogP contribution in [0.1, 0.15) is 37.7 Å². The van der Waals surface area contributed by atoms with Crippen molar-refractivity contribution in [2.45, 2.75) is 44.3 Å². The Balaban J connectivity index is 1.76. The van der Waals surface area contributed by atoms with Crippen LogP contribution in [0.3, 0.4) is 0 Å². The molecule has 0 radical (unpaired) electrons. The number of likely N-dealkylation sites (N-methyl/N-ethyl adjacent to an activating group) is 1. The highest BCUT2D eigenvalue weighted by molar-refractivity contribution is 9.10. The molecule has 0 bridgehead atoms. The van der Waals surface area contributed by atoms with E-state index in [9.17, 15) is 9.59 Å². The zero-order chi connectivity index (χ0) is 17.5. The van der Waals surface area contributed by atoms with E-state index >= 15 is 0 Å². The van der Waals surface area contributed by atoms with E-state index in [-0.39, 0.29) is 18.4 Å². The first-order valence-electron chi connectivity index (χ1n) is 8.37. The lowest BCUT2D eigenvalue weighted by Crippen LogP contribution is -2.36. The molecule has 1 aromatic carbocycles. The second-order valence-corrected chi connectivity index (χ2v) is 8.53. The zero-order valence-corrected chi connectivity index (χ0v) is 16.7. The van der Waals surface area contributed by atoms with Crippen LogP contribution in [0, 0.1) is 6.92 Å². The van der Waals surface area contributed by atoms with Gasteiger partial charge in [0, 0.05) is 22.5 Å². The maximum absolute atomic E-state index is 12.2. The molecule has 4 nitrogen and oxygen atoms in total. The largest absolute Gasteiger partial charge is 0.336 e. The van der Waals surface area contributed by atoms with Crippen molar-refractivity contribution >= 4 is 45.2 Å². The SMILES string of the molecule is Cc1cc(Br)ccc1NC(=O)CN(C)C(=O)CSC1CCCCC1. The van der Waals surface area contributed by atoms with Crippen LogP contribution in [0.5, 0.6) is 0 Å². The summed E-state index contributed by atoms with van der Waals surface area (Å²) in [4.78, 5) is 25.9. The van der Waals surface area contributed by atoms with E-state index in [4.69, 9.17) is 0 Å². The van der Waals surface area contributed by atoms with Crippen molar-refractivity contribution in [3.05, 3.63) is 28.2 Å². The van der Waals surface area contributed by atoms with Crippen molar-refractivity contribution in [3.8, 4) is 0 Å². The first kappa shape index (κ1) is 19.3. The zero-order valence-electron chi connectivity index (χ0n) is 14.3. The number of amides is 2. The highest BCUT2D eigenvalue weighted by Gasteiger charge is 2.18. The molecule has 1 saturated carbocycles. The summed E-state index contributed by atoms with van der Waals surface area (Å²) in [5, 5.41) is 3.48. The summed E-state index contributed by atoms with van der Waals surface area (Å²) in [5.41, 5.74) is 1.76. The van der Waals surface area contributed by atoms with E-state index in [1.54, 1.807) is 18.8 Å². The van der Waals surface area contributed by atoms with Crippen LogP contribution in [-0.4, -0.2) is 41.3 Å². The molecule has 24 heavy (non-hydrogen) atoms. The normalized spacial score (nSPS) is 15.1. The van der Waals surface area contributed by atoms with Gasteiger partial charge in [-0.15, -0.1) is 11.8 Å². The van der Waals surface area contributed by atoms with Crippen LogP contribution in [0.4, 0.5) is 5.69 Å². The molecule has 132 valence electrons. The van der Waals surface area contributed by atoms with E-state index in [0.29, 0.717) is 11.0 Å². The second kappa shape index (κ2) is 9.47. The molecule has 0 unspecified atom stereocenters. The molecule has 2 rings (SSSR count). The number of benzene rings is 1. The summed E-state index contributed by atoms with van der Waals surface area (Å²) in [6, 6.07) is 5.70. The summed E-state index contributed by atoms with van der Waals surface area (Å²) < 4.78 is 0.977. The Hall–Kier alpha value is -1.01. The molecule has 1 fully saturated rings. The third kappa shape index (κ3) is 6.13. The van der Waals surface area contributed by atoms with Gasteiger partial charge in [0.05, 0.1) is 12.3 Å². The number of carbonyl (C=O) groups excluding carboxylic acids is 2. The molecule has 1 aliphatic carbocycles. The van der Waals surface area contributed by atoms with Gasteiger partial charge in [0.2, 0.25) is 11.8 Å². The van der Waals surface area contributed by atoms with Crippen LogP contribution in [0.25, 0.3) is 0 Å². The highest BCUT2D eigenvalue weighted by Crippen LogP contribution is 2.28. The number of anilines is 1. The van der Waals surface area contributed by atoms with Gasteiger partial charge < -0.3 is 10.2 Å². The maximum atomic E-state index is 12.2. The van der Waals surface area contributed by atoms with E-state index in [1.807, 2.05) is 25.1 Å². The van der Waals surface area contributed by atoms with Gasteiger partial charge in [0.15, 0.2) is 0 Å². The number of hydrogen-bond acceptors (Lipinski definition) is 3. The standard InChI is InChI=1S/C18H25BrN2O2S/c1-13-10-14(19)8-9-16(13)20-17(22)11-21(2)18(23)12-24-15-6-4-3-5-7-15/h8-10,15H,3-7,11-12H2,1-2H3,(H,20,22). The number of nitrogens with zero attached hydrogens (tertiary/aromatic N) is 1. The third-order valence-electron chi connectivity index (χ3n) is 4.26. The number of thioether (sulfide) groups is 1. The Kier molecular flexibility index (Phi) is 7.62. The second-order valence-electron chi connectivity index (χ2n) is 6.33. The van der Waals surface area contributed by atoms with Crippen LogP contribution in [0.2, 0.25) is 0 Å². The summed E-state index contributed by atoms with van der Waals surface area (Å²) >= 11 is 5.14. The molecule has 1 aromatic rings. The van der Waals surface area contributed by atoms with Gasteiger partial charge in [0.1, 0.15) is 0 Å². The summed E-state index contributed by atoms with van der Waals surface area (Å²) in [7, 11) is 1.69. The fraction of sp³-hybridized carbons (Fsp3) is 0.556. The number of nitrogens with one attached hydrogen (secondary N) is 1. The Bertz CT molecular complexity index is 588. The van der Waals surface area contributed by atoms with Crippen LogP contribution >= 0.6 is 27.7 Å². The van der Waals surface area contributed by atoms with Gasteiger partial charge in [-0.1, -0.05) is 35.2 Å². The Labute approximate surface area is 156 Å². The van der Waals surface area contributed by atoms with Crippen molar-refractivity contribution < 1.29 is 9.59 Å². The minimum atomic E-state index is -0.168. The van der Waals surface area contributed by atoms with Gasteiger partial charge in [-0.2, -0.15) is 0 Å². The summed E-state index contributed by atoms with van der Waals surface area (Å²) in [6.45, 7) is 2.02. The van der Waals surface area contributed by atoms with Gasteiger partial charge in [0.25, 0.3) is 0 Å². The molecule has 0 saturated heterocycles. The summed E-state index contributed by atoms with van der Waals surface area (Å²) in [6.07, 6.45) is 6.30. The monoisotopic (exact) mass is 412 g/mol. The van der Waals surface area contributed by atoms with Crippen molar-refractivity contribution in [2.75, 3.05) is 24.7 Å². The molecular formula is C18H25BrN2O2S. The van der Waals surface area contributed by atoms with E-state index < -0.39 is 0 Å². The van der Waals surface area contributed by atoms with Crippen molar-refractivity contribution in [2.24, 2.45) is 0 Å². The number of rotatable bonds is 6. The lowest BCUT2D eigenvalue weighted by atomic mass is 10.0. The van der Waals surface area contributed by atoms with Crippen LogP contribution in [-0.2, 0) is 9.59 Å². The first-order valence-corrected chi connectivity index (χ1v) is 10.2. The van der Waals surface area contributed by atoms with Gasteiger partial charge >= 0.3 is 0 Å². The Morgan fingerprint density at radius 3 is 2.67 bits per heavy atom. The predicted octanol–water partition coefficient (Wildman–Crippen LogP) is 4.22. The van der Waals surface area contributed by atoms with Crippen LogP contribution < -0.4 is 5.32 Å². The number of aryl methyl sites for hydroxylation is 1. The third-order valence-corrected chi connectivity index (χ3v) is 6.11. The highest BCUT2D eigenvalue weighted by atomic mass is 79.9. The molecule has 0 heterocycles. The number of halogens is 1. The smallest absolute Gasteiger partial charge is 0.243 e. The topological polar surface area (TPSA) is 49.4 Å². The van der Waals surface area contributed by atoms with Crippen LogP contribution in [0.15, 0.2) is 22.7 Å². The lowest BCUT2D eigenvalue weighted by Gasteiger charge is -2.22. The molecule has 1 N–H and O–H groups in total.